The third-order valence-corrected chi connectivity index (χ3v) is 2.90. The Hall–Kier alpha value is -2.09. The molecule has 2 heteroatoms. The van der Waals surface area contributed by atoms with E-state index >= 15 is 0 Å². The van der Waals surface area contributed by atoms with Gasteiger partial charge < -0.3 is 4.74 Å². The first-order valence-corrected chi connectivity index (χ1v) is 6.53. The SMILES string of the molecule is Cc1cccc(OCCCC(=O)c2ccccc2)c1. The van der Waals surface area contributed by atoms with Crippen molar-refractivity contribution in [3.63, 3.8) is 0 Å². The Morgan fingerprint density at radius 2 is 1.84 bits per heavy atom. The van der Waals surface area contributed by atoms with Crippen LogP contribution in [0, 0.1) is 6.92 Å². The maximum absolute atomic E-state index is 11.9. The van der Waals surface area contributed by atoms with Gasteiger partial charge in [0.2, 0.25) is 0 Å². The first-order valence-electron chi connectivity index (χ1n) is 6.53. The van der Waals surface area contributed by atoms with Crippen LogP contribution in [0.1, 0.15) is 28.8 Å². The molecular formula is C17H18O2. The van der Waals surface area contributed by atoms with Gasteiger partial charge in [0.25, 0.3) is 0 Å². The Kier molecular flexibility index (Phi) is 4.73. The standard InChI is InChI=1S/C17H18O2/c1-14-7-5-10-16(13-14)19-12-6-11-17(18)15-8-3-2-4-9-15/h2-5,7-10,13H,6,11-12H2,1H3. The minimum Gasteiger partial charge on any atom is -0.494 e. The Morgan fingerprint density at radius 3 is 2.58 bits per heavy atom. The van der Waals surface area contributed by atoms with Crippen molar-refractivity contribution in [2.75, 3.05) is 6.61 Å². The molecule has 2 aromatic carbocycles. The molecule has 0 N–H and O–H groups in total. The quantitative estimate of drug-likeness (QED) is 0.574. The fourth-order valence-electron chi connectivity index (χ4n) is 1.90. The third-order valence-electron chi connectivity index (χ3n) is 2.90. The predicted octanol–water partition coefficient (Wildman–Crippen LogP) is 4.04. The van der Waals surface area contributed by atoms with Crippen molar-refractivity contribution < 1.29 is 9.53 Å². The Bertz CT molecular complexity index is 532. The molecule has 0 spiro atoms. The third kappa shape index (κ3) is 4.25. The molecule has 2 aromatic rings. The van der Waals surface area contributed by atoms with Crippen LogP contribution in [0.25, 0.3) is 0 Å². The number of benzene rings is 2. The molecule has 0 saturated carbocycles. The fraction of sp³-hybridized carbons (Fsp3) is 0.235. The highest BCUT2D eigenvalue weighted by atomic mass is 16.5. The zero-order chi connectivity index (χ0) is 13.5. The number of aryl methyl sites for hydroxylation is 1. The van der Waals surface area contributed by atoms with Gasteiger partial charge in [-0.25, -0.2) is 0 Å². The molecule has 2 nitrogen and oxygen atoms in total. The Morgan fingerprint density at radius 1 is 1.05 bits per heavy atom. The average Bonchev–Trinajstić information content (AvgIpc) is 2.44. The molecule has 0 aliphatic carbocycles. The van der Waals surface area contributed by atoms with E-state index in [9.17, 15) is 4.79 Å². The number of carbonyl (C=O) groups is 1. The van der Waals surface area contributed by atoms with E-state index in [-0.39, 0.29) is 5.78 Å². The number of hydrogen-bond acceptors (Lipinski definition) is 2. The largest absolute Gasteiger partial charge is 0.494 e. The van der Waals surface area contributed by atoms with Crippen LogP contribution in [-0.2, 0) is 0 Å². The molecule has 0 radical (unpaired) electrons. The van der Waals surface area contributed by atoms with Crippen LogP contribution >= 0.6 is 0 Å². The topological polar surface area (TPSA) is 26.3 Å². The summed E-state index contributed by atoms with van der Waals surface area (Å²) in [6, 6.07) is 17.3. The smallest absolute Gasteiger partial charge is 0.163 e. The van der Waals surface area contributed by atoms with Crippen molar-refractivity contribution in [3.8, 4) is 5.75 Å². The van der Waals surface area contributed by atoms with Gasteiger partial charge in [0, 0.05) is 12.0 Å². The monoisotopic (exact) mass is 254 g/mol. The Labute approximate surface area is 114 Å². The van der Waals surface area contributed by atoms with Crippen LogP contribution in [0.2, 0.25) is 0 Å². The van der Waals surface area contributed by atoms with E-state index < -0.39 is 0 Å². The summed E-state index contributed by atoms with van der Waals surface area (Å²) in [5.74, 6) is 1.04. The first-order chi connectivity index (χ1) is 9.25. The summed E-state index contributed by atoms with van der Waals surface area (Å²) in [5.41, 5.74) is 1.95. The highest BCUT2D eigenvalue weighted by Gasteiger charge is 2.04. The van der Waals surface area contributed by atoms with Gasteiger partial charge >= 0.3 is 0 Å². The fourth-order valence-corrected chi connectivity index (χ4v) is 1.90. The van der Waals surface area contributed by atoms with Gasteiger partial charge in [-0.05, 0) is 31.0 Å². The van der Waals surface area contributed by atoms with E-state index in [0.29, 0.717) is 13.0 Å². The van der Waals surface area contributed by atoms with E-state index in [2.05, 4.69) is 0 Å². The van der Waals surface area contributed by atoms with Gasteiger partial charge in [-0.1, -0.05) is 42.5 Å². The van der Waals surface area contributed by atoms with Gasteiger partial charge in [-0.15, -0.1) is 0 Å². The lowest BCUT2D eigenvalue weighted by atomic mass is 10.1. The number of carbonyl (C=O) groups excluding carboxylic acids is 1. The highest BCUT2D eigenvalue weighted by molar-refractivity contribution is 5.95. The molecule has 0 unspecified atom stereocenters. The van der Waals surface area contributed by atoms with Crippen LogP contribution in [0.3, 0.4) is 0 Å². The second kappa shape index (κ2) is 6.74. The number of rotatable bonds is 6. The summed E-state index contributed by atoms with van der Waals surface area (Å²) < 4.78 is 5.62. The molecule has 98 valence electrons. The van der Waals surface area contributed by atoms with Crippen LogP contribution in [0.15, 0.2) is 54.6 Å². The van der Waals surface area contributed by atoms with E-state index in [1.54, 1.807) is 0 Å². The number of Topliss-reactive ketones (excluding diaryl/α,β-unsaturated/α-hetero) is 1. The predicted molar refractivity (Wildman–Crippen MR) is 76.7 cm³/mol. The lowest BCUT2D eigenvalue weighted by Gasteiger charge is -2.06. The first kappa shape index (κ1) is 13.3. The molecule has 0 aromatic heterocycles. The summed E-state index contributed by atoms with van der Waals surface area (Å²) in [7, 11) is 0. The molecule has 0 heterocycles. The van der Waals surface area contributed by atoms with Crippen LogP contribution in [-0.4, -0.2) is 12.4 Å². The van der Waals surface area contributed by atoms with Gasteiger partial charge in [0.05, 0.1) is 6.61 Å². The van der Waals surface area contributed by atoms with Gasteiger partial charge in [0.15, 0.2) is 5.78 Å². The highest BCUT2D eigenvalue weighted by Crippen LogP contribution is 2.13. The van der Waals surface area contributed by atoms with Gasteiger partial charge in [-0.2, -0.15) is 0 Å². The lowest BCUT2D eigenvalue weighted by molar-refractivity contribution is 0.0973. The summed E-state index contributed by atoms with van der Waals surface area (Å²) >= 11 is 0. The van der Waals surface area contributed by atoms with Crippen molar-refractivity contribution in [1.29, 1.82) is 0 Å². The molecule has 0 bridgehead atoms. The molecule has 0 fully saturated rings. The second-order valence-corrected chi connectivity index (χ2v) is 4.56. The average molecular weight is 254 g/mol. The molecule has 0 amide bonds. The van der Waals surface area contributed by atoms with E-state index in [4.69, 9.17) is 4.74 Å². The zero-order valence-electron chi connectivity index (χ0n) is 11.1. The minimum absolute atomic E-state index is 0.174. The van der Waals surface area contributed by atoms with Crippen molar-refractivity contribution in [3.05, 3.63) is 65.7 Å². The summed E-state index contributed by atoms with van der Waals surface area (Å²) in [6.45, 7) is 2.60. The van der Waals surface area contributed by atoms with E-state index in [0.717, 1.165) is 17.7 Å². The van der Waals surface area contributed by atoms with E-state index in [1.165, 1.54) is 5.56 Å². The lowest BCUT2D eigenvalue weighted by Crippen LogP contribution is -2.03. The maximum atomic E-state index is 11.9. The van der Waals surface area contributed by atoms with Crippen molar-refractivity contribution in [2.45, 2.75) is 19.8 Å². The number of hydrogen-bond donors (Lipinski definition) is 0. The Balaban J connectivity index is 1.74. The summed E-state index contributed by atoms with van der Waals surface area (Å²) in [5, 5.41) is 0. The van der Waals surface area contributed by atoms with E-state index in [1.807, 2.05) is 61.5 Å². The number of ketones is 1. The van der Waals surface area contributed by atoms with Crippen LogP contribution in [0.4, 0.5) is 0 Å². The molecule has 0 aliphatic heterocycles. The van der Waals surface area contributed by atoms with Gasteiger partial charge in [-0.3, -0.25) is 4.79 Å². The molecule has 0 aliphatic rings. The number of ether oxygens (including phenoxy) is 1. The van der Waals surface area contributed by atoms with Crippen molar-refractivity contribution >= 4 is 5.78 Å². The van der Waals surface area contributed by atoms with Crippen LogP contribution in [0.5, 0.6) is 5.75 Å². The van der Waals surface area contributed by atoms with Crippen molar-refractivity contribution in [1.82, 2.24) is 0 Å². The molecule has 2 rings (SSSR count). The summed E-state index contributed by atoms with van der Waals surface area (Å²) in [6.07, 6.45) is 1.26. The molecule has 0 saturated heterocycles. The zero-order valence-corrected chi connectivity index (χ0v) is 11.1. The minimum atomic E-state index is 0.174. The molecular weight excluding hydrogens is 236 g/mol. The second-order valence-electron chi connectivity index (χ2n) is 4.56. The summed E-state index contributed by atoms with van der Waals surface area (Å²) in [4.78, 5) is 11.9. The molecule has 0 atom stereocenters. The van der Waals surface area contributed by atoms with Crippen LogP contribution < -0.4 is 4.74 Å². The molecule has 19 heavy (non-hydrogen) atoms. The van der Waals surface area contributed by atoms with Gasteiger partial charge in [0.1, 0.15) is 5.75 Å². The van der Waals surface area contributed by atoms with Crippen molar-refractivity contribution in [2.24, 2.45) is 0 Å². The normalized spacial score (nSPS) is 10.2. The maximum Gasteiger partial charge on any atom is 0.163 e.